The van der Waals surface area contributed by atoms with E-state index in [9.17, 15) is 30.3 Å². The zero-order valence-electron chi connectivity index (χ0n) is 12.2. The number of halogens is 1. The van der Waals surface area contributed by atoms with E-state index >= 15 is 0 Å². The number of H-pyrrole nitrogens is 1. The number of hydrogen-bond donors (Lipinski definition) is 2. The summed E-state index contributed by atoms with van der Waals surface area (Å²) in [6.45, 7) is -0.190. The zero-order chi connectivity index (χ0) is 18.3. The first-order chi connectivity index (χ1) is 11.2. The summed E-state index contributed by atoms with van der Waals surface area (Å²) < 4.78 is 4.98. The minimum atomic E-state index is -1.36. The SMILES string of the molecule is CCC(COc1[n+](O)nc(Cl)[nH][n+]1=O)(CO[N+](=O)[O-])CO[N+](=O)[O-]. The first-order valence-corrected chi connectivity index (χ1v) is 6.58. The van der Waals surface area contributed by atoms with Gasteiger partial charge in [-0.3, -0.25) is 5.21 Å². The molecule has 2 N–H and O–H groups in total. The maximum absolute atomic E-state index is 11.6. The second-order valence-corrected chi connectivity index (χ2v) is 4.86. The Morgan fingerprint density at radius 2 is 1.83 bits per heavy atom. The summed E-state index contributed by atoms with van der Waals surface area (Å²) in [4.78, 5) is 40.8. The van der Waals surface area contributed by atoms with Crippen LogP contribution >= 0.6 is 11.6 Å². The Bertz CT molecular complexity index is 648. The van der Waals surface area contributed by atoms with E-state index in [2.05, 4.69) is 14.8 Å². The van der Waals surface area contributed by atoms with E-state index in [0.29, 0.717) is 0 Å². The summed E-state index contributed by atoms with van der Waals surface area (Å²) in [5.74, 6) is 0. The van der Waals surface area contributed by atoms with Crippen LogP contribution in [0.5, 0.6) is 6.01 Å². The molecule has 0 bridgehead atoms. The van der Waals surface area contributed by atoms with E-state index < -0.39 is 46.7 Å². The molecule has 0 radical (unpaired) electrons. The van der Waals surface area contributed by atoms with E-state index in [-0.39, 0.29) is 15.8 Å². The lowest BCUT2D eigenvalue weighted by molar-refractivity contribution is -0.983. The number of hydrogen-bond acceptors (Lipinski definition) is 10. The molecule has 0 unspecified atom stereocenters. The summed E-state index contributed by atoms with van der Waals surface area (Å²) in [5, 5.41) is 32.8. The van der Waals surface area contributed by atoms with Crippen molar-refractivity contribution in [2.75, 3.05) is 19.8 Å². The van der Waals surface area contributed by atoms with Gasteiger partial charge in [0.25, 0.3) is 14.7 Å². The quantitative estimate of drug-likeness (QED) is 0.216. The molecule has 0 spiro atoms. The normalized spacial score (nSPS) is 10.9. The largest absolute Gasteiger partial charge is 0.785 e. The van der Waals surface area contributed by atoms with Crippen molar-refractivity contribution in [3.63, 3.8) is 0 Å². The molecule has 0 aliphatic heterocycles. The molecule has 0 amide bonds. The van der Waals surface area contributed by atoms with Crippen molar-refractivity contribution >= 4 is 11.6 Å². The van der Waals surface area contributed by atoms with Crippen LogP contribution in [-0.2, 0) is 9.68 Å². The summed E-state index contributed by atoms with van der Waals surface area (Å²) in [6, 6.07) is -0.764. The second-order valence-electron chi connectivity index (χ2n) is 4.51. The molecule has 0 fully saturated rings. The third kappa shape index (κ3) is 5.34. The molecule has 24 heavy (non-hydrogen) atoms. The maximum Gasteiger partial charge on any atom is 0.785 e. The molecule has 1 aromatic rings. The number of nitrogens with zero attached hydrogens (tertiary/aromatic N) is 5. The Balaban J connectivity index is 2.96. The highest BCUT2D eigenvalue weighted by Gasteiger charge is 2.39. The van der Waals surface area contributed by atoms with Crippen LogP contribution < -0.4 is 14.1 Å². The van der Waals surface area contributed by atoms with Crippen molar-refractivity contribution in [1.82, 2.24) is 10.2 Å². The Hall–Kier alpha value is -2.97. The maximum atomic E-state index is 11.6. The molecule has 1 heterocycles. The molecule has 0 aliphatic carbocycles. The predicted octanol–water partition coefficient (Wildman–Crippen LogP) is -1.31. The van der Waals surface area contributed by atoms with E-state index in [0.717, 1.165) is 0 Å². The van der Waals surface area contributed by atoms with Gasteiger partial charge in [0.1, 0.15) is 19.8 Å². The molecule has 16 heteroatoms. The van der Waals surface area contributed by atoms with Crippen LogP contribution in [0.2, 0.25) is 5.28 Å². The van der Waals surface area contributed by atoms with Gasteiger partial charge in [0.15, 0.2) is 0 Å². The Morgan fingerprint density at radius 3 is 2.25 bits per heavy atom. The minimum absolute atomic E-state index is 0.0228. The fourth-order valence-electron chi connectivity index (χ4n) is 1.51. The fourth-order valence-corrected chi connectivity index (χ4v) is 1.65. The third-order valence-electron chi connectivity index (χ3n) is 2.93. The summed E-state index contributed by atoms with van der Waals surface area (Å²) >= 11 is 5.39. The molecule has 0 saturated heterocycles. The fraction of sp³-hybridized carbons (Fsp3) is 0.750. The van der Waals surface area contributed by atoms with Crippen molar-refractivity contribution in [3.8, 4) is 6.01 Å². The van der Waals surface area contributed by atoms with Gasteiger partial charge in [0.2, 0.25) is 4.85 Å². The van der Waals surface area contributed by atoms with Gasteiger partial charge in [-0.15, -0.1) is 20.2 Å². The minimum Gasteiger partial charge on any atom is -0.381 e. The Kier molecular flexibility index (Phi) is 6.39. The van der Waals surface area contributed by atoms with Crippen molar-refractivity contribution in [1.29, 1.82) is 0 Å². The Labute approximate surface area is 137 Å². The molecule has 0 atom stereocenters. The number of aromatic amines is 1. The van der Waals surface area contributed by atoms with Crippen LogP contribution in [0.4, 0.5) is 0 Å². The lowest BCUT2D eigenvalue weighted by atomic mass is 9.88. The summed E-state index contributed by atoms with van der Waals surface area (Å²) in [5.41, 5.74) is -1.36. The van der Waals surface area contributed by atoms with Crippen molar-refractivity contribution in [2.24, 2.45) is 5.41 Å². The van der Waals surface area contributed by atoms with E-state index in [4.69, 9.17) is 16.3 Å². The monoisotopic (exact) mass is 372 g/mol. The number of ether oxygens (including phenoxy) is 1. The van der Waals surface area contributed by atoms with Crippen LogP contribution in [-0.4, -0.2) is 45.4 Å². The average molecular weight is 373 g/mol. The van der Waals surface area contributed by atoms with E-state index in [1.165, 1.54) is 0 Å². The van der Waals surface area contributed by atoms with Gasteiger partial charge in [0, 0.05) is 0 Å². The second kappa shape index (κ2) is 8.04. The summed E-state index contributed by atoms with van der Waals surface area (Å²) in [6.07, 6.45) is 0.0870. The topological polar surface area (TPSA) is 190 Å². The molecule has 1 rings (SSSR count). The zero-order valence-corrected chi connectivity index (χ0v) is 12.9. The molecule has 1 aromatic heterocycles. The number of nitrogens with one attached hydrogen (secondary N) is 1. The average Bonchev–Trinajstić information content (AvgIpc) is 2.48. The van der Waals surface area contributed by atoms with Crippen molar-refractivity contribution in [2.45, 2.75) is 13.3 Å². The van der Waals surface area contributed by atoms with Crippen LogP contribution in [0.25, 0.3) is 0 Å². The van der Waals surface area contributed by atoms with E-state index in [1.54, 1.807) is 6.92 Å². The van der Waals surface area contributed by atoms with Crippen LogP contribution in [0, 0.1) is 30.6 Å². The first-order valence-electron chi connectivity index (χ1n) is 6.20. The van der Waals surface area contributed by atoms with Crippen LogP contribution in [0.3, 0.4) is 0 Å². The van der Waals surface area contributed by atoms with Gasteiger partial charge in [-0.2, -0.15) is 0 Å². The molecule has 0 aliphatic rings. The predicted molar refractivity (Wildman–Crippen MR) is 68.5 cm³/mol. The highest BCUT2D eigenvalue weighted by Crippen LogP contribution is 2.24. The first kappa shape index (κ1) is 19.1. The van der Waals surface area contributed by atoms with Gasteiger partial charge >= 0.3 is 11.3 Å². The van der Waals surface area contributed by atoms with Crippen LogP contribution in [0.1, 0.15) is 13.3 Å². The number of aromatic nitrogens is 4. The van der Waals surface area contributed by atoms with Gasteiger partial charge in [-0.25, -0.2) is 0 Å². The van der Waals surface area contributed by atoms with Gasteiger partial charge < -0.3 is 14.4 Å². The smallest absolute Gasteiger partial charge is 0.381 e. The summed E-state index contributed by atoms with van der Waals surface area (Å²) in [7, 11) is 0. The van der Waals surface area contributed by atoms with Crippen molar-refractivity contribution < 1.29 is 39.2 Å². The lowest BCUT2D eigenvalue weighted by Gasteiger charge is -2.28. The highest BCUT2D eigenvalue weighted by atomic mass is 35.5. The molecule has 15 nitrogen and oxygen atoms in total. The standard InChI is InChI=1S/C8H13ClN6O9/c1-2-8(4-23-14(18)19,5-24-15(20)21)3-22-7-12(16)10-6(9)11-13(7)17/h2-5H2,1H3,(H2,10,11,16,17)/q+2. The molecular weight excluding hydrogens is 360 g/mol. The lowest BCUT2D eigenvalue weighted by Crippen LogP contribution is -2.49. The van der Waals surface area contributed by atoms with Gasteiger partial charge in [-0.05, 0) is 18.0 Å². The van der Waals surface area contributed by atoms with E-state index in [1.807, 2.05) is 5.10 Å². The van der Waals surface area contributed by atoms with Crippen molar-refractivity contribution in [3.05, 3.63) is 30.4 Å². The van der Waals surface area contributed by atoms with Crippen LogP contribution in [0.15, 0.2) is 0 Å². The van der Waals surface area contributed by atoms with Gasteiger partial charge in [-0.1, -0.05) is 12.0 Å². The molecule has 134 valence electrons. The molecule has 0 saturated carbocycles. The molecular formula is C8H13ClN6O9+2. The highest BCUT2D eigenvalue weighted by molar-refractivity contribution is 6.27. The molecule has 0 aromatic carbocycles. The Morgan fingerprint density at radius 1 is 1.29 bits per heavy atom. The van der Waals surface area contributed by atoms with Gasteiger partial charge in [0.05, 0.1) is 15.4 Å². The number of rotatable bonds is 10. The third-order valence-corrected chi connectivity index (χ3v) is 3.09.